The van der Waals surface area contributed by atoms with Crippen molar-refractivity contribution in [2.45, 2.75) is 13.1 Å². The predicted molar refractivity (Wildman–Crippen MR) is 117 cm³/mol. The molecular formula is C22H18ClF3N4O3. The third-order valence-electron chi connectivity index (χ3n) is 4.48. The van der Waals surface area contributed by atoms with E-state index in [4.69, 9.17) is 16.3 Å². The van der Waals surface area contributed by atoms with Gasteiger partial charge >= 0.3 is 6.18 Å². The predicted octanol–water partition coefficient (Wildman–Crippen LogP) is 5.20. The summed E-state index contributed by atoms with van der Waals surface area (Å²) in [5.41, 5.74) is 2.81. The minimum Gasteiger partial charge on any atom is -0.457 e. The number of hydrazine groups is 1. The van der Waals surface area contributed by atoms with Gasteiger partial charge < -0.3 is 10.1 Å². The number of carbonyl (C=O) groups excluding carboxylic acids is 2. The van der Waals surface area contributed by atoms with Gasteiger partial charge in [-0.25, -0.2) is 5.01 Å². The standard InChI is InChI=1S/C22H18ClF3N4O3/c1-13-9-15(33-16-7-8-28-19(11-16)21(32)27-2)4-6-20(13)30(12-31)29-14-3-5-18(23)17(10-14)22(24,25)26/h3-12,29H,1-2H3,(H,27,32). The second-order valence-corrected chi connectivity index (χ2v) is 7.19. The molecule has 0 bridgehead atoms. The maximum absolute atomic E-state index is 13.1. The van der Waals surface area contributed by atoms with Crippen molar-refractivity contribution in [3.63, 3.8) is 0 Å². The second kappa shape index (κ2) is 9.78. The number of amides is 2. The van der Waals surface area contributed by atoms with Crippen LogP contribution < -0.4 is 20.5 Å². The van der Waals surface area contributed by atoms with Gasteiger partial charge in [0.05, 0.1) is 22.0 Å². The lowest BCUT2D eigenvalue weighted by Gasteiger charge is -2.23. The van der Waals surface area contributed by atoms with Crippen LogP contribution in [0.25, 0.3) is 0 Å². The average Bonchev–Trinajstić information content (AvgIpc) is 2.78. The lowest BCUT2D eigenvalue weighted by Crippen LogP contribution is -2.29. The summed E-state index contributed by atoms with van der Waals surface area (Å²) in [7, 11) is 1.49. The first kappa shape index (κ1) is 23.9. The smallest absolute Gasteiger partial charge is 0.417 e. The first-order valence-corrected chi connectivity index (χ1v) is 9.84. The Morgan fingerprint density at radius 1 is 1.12 bits per heavy atom. The van der Waals surface area contributed by atoms with Crippen molar-refractivity contribution in [3.05, 3.63) is 76.6 Å². The van der Waals surface area contributed by atoms with E-state index in [0.29, 0.717) is 29.2 Å². The number of aromatic nitrogens is 1. The SMILES string of the molecule is CNC(=O)c1cc(Oc2ccc(N(C=O)Nc3ccc(Cl)c(C(F)(F)F)c3)c(C)c2)ccn1. The average molecular weight is 479 g/mol. The maximum Gasteiger partial charge on any atom is 0.417 e. The molecular weight excluding hydrogens is 461 g/mol. The molecule has 2 aromatic carbocycles. The molecule has 0 aliphatic heterocycles. The molecule has 2 N–H and O–H groups in total. The van der Waals surface area contributed by atoms with E-state index < -0.39 is 16.8 Å². The van der Waals surface area contributed by atoms with Crippen LogP contribution in [-0.4, -0.2) is 24.3 Å². The summed E-state index contributed by atoms with van der Waals surface area (Å²) in [6.45, 7) is 1.70. The first-order chi connectivity index (χ1) is 15.6. The van der Waals surface area contributed by atoms with Gasteiger partial charge in [-0.1, -0.05) is 11.6 Å². The van der Waals surface area contributed by atoms with Gasteiger partial charge in [0.2, 0.25) is 6.41 Å². The molecule has 172 valence electrons. The fourth-order valence-electron chi connectivity index (χ4n) is 2.92. The van der Waals surface area contributed by atoms with Crippen LogP contribution >= 0.6 is 11.6 Å². The Morgan fingerprint density at radius 2 is 1.85 bits per heavy atom. The highest BCUT2D eigenvalue weighted by Gasteiger charge is 2.33. The minimum atomic E-state index is -4.64. The van der Waals surface area contributed by atoms with E-state index in [0.717, 1.165) is 17.1 Å². The number of hydrogen-bond donors (Lipinski definition) is 2. The van der Waals surface area contributed by atoms with Crippen LogP contribution in [-0.2, 0) is 11.0 Å². The van der Waals surface area contributed by atoms with E-state index in [1.54, 1.807) is 31.2 Å². The molecule has 0 unspecified atom stereocenters. The number of ether oxygens (including phenoxy) is 1. The number of carbonyl (C=O) groups is 2. The highest BCUT2D eigenvalue weighted by atomic mass is 35.5. The van der Waals surface area contributed by atoms with Gasteiger partial charge in [-0.2, -0.15) is 13.2 Å². The Labute approximate surface area is 192 Å². The van der Waals surface area contributed by atoms with Gasteiger partial charge in [0, 0.05) is 19.3 Å². The first-order valence-electron chi connectivity index (χ1n) is 9.47. The molecule has 7 nitrogen and oxygen atoms in total. The molecule has 3 aromatic rings. The van der Waals surface area contributed by atoms with Crippen LogP contribution in [0, 0.1) is 6.92 Å². The summed E-state index contributed by atoms with van der Waals surface area (Å²) in [6.07, 6.45) is -2.77. The minimum absolute atomic E-state index is 0.0251. The number of rotatable bonds is 7. The van der Waals surface area contributed by atoms with E-state index in [2.05, 4.69) is 15.7 Å². The number of alkyl halides is 3. The molecule has 0 fully saturated rings. The van der Waals surface area contributed by atoms with Crippen LogP contribution in [0.15, 0.2) is 54.7 Å². The van der Waals surface area contributed by atoms with E-state index in [-0.39, 0.29) is 17.3 Å². The Bertz CT molecular complexity index is 1190. The molecule has 0 spiro atoms. The summed E-state index contributed by atoms with van der Waals surface area (Å²) >= 11 is 5.64. The zero-order valence-electron chi connectivity index (χ0n) is 17.4. The maximum atomic E-state index is 13.1. The zero-order chi connectivity index (χ0) is 24.2. The normalized spacial score (nSPS) is 11.0. The van der Waals surface area contributed by atoms with Crippen molar-refractivity contribution in [2.75, 3.05) is 17.5 Å². The highest BCUT2D eigenvalue weighted by molar-refractivity contribution is 6.31. The third-order valence-corrected chi connectivity index (χ3v) is 4.81. The van der Waals surface area contributed by atoms with E-state index in [1.807, 2.05) is 0 Å². The van der Waals surface area contributed by atoms with Crippen molar-refractivity contribution in [1.29, 1.82) is 0 Å². The Morgan fingerprint density at radius 3 is 2.48 bits per heavy atom. The monoisotopic (exact) mass is 478 g/mol. The molecule has 0 atom stereocenters. The Kier molecular flexibility index (Phi) is 7.07. The molecule has 11 heteroatoms. The fraction of sp³-hybridized carbons (Fsp3) is 0.136. The van der Waals surface area contributed by atoms with Gasteiger partial charge in [0.15, 0.2) is 0 Å². The molecule has 1 heterocycles. The van der Waals surface area contributed by atoms with Crippen LogP contribution in [0.5, 0.6) is 11.5 Å². The van der Waals surface area contributed by atoms with E-state index in [1.165, 1.54) is 25.4 Å². The topological polar surface area (TPSA) is 83.6 Å². The molecule has 0 aliphatic rings. The number of benzene rings is 2. The molecule has 2 amide bonds. The number of nitrogens with one attached hydrogen (secondary N) is 2. The van der Waals surface area contributed by atoms with Crippen LogP contribution in [0.4, 0.5) is 24.5 Å². The van der Waals surface area contributed by atoms with Crippen LogP contribution in [0.1, 0.15) is 21.6 Å². The molecule has 0 saturated carbocycles. The van der Waals surface area contributed by atoms with Crippen molar-refractivity contribution >= 4 is 35.3 Å². The summed E-state index contributed by atoms with van der Waals surface area (Å²) in [5.74, 6) is 0.430. The van der Waals surface area contributed by atoms with Gasteiger partial charge in [-0.15, -0.1) is 0 Å². The summed E-state index contributed by atoms with van der Waals surface area (Å²) in [6, 6.07) is 11.1. The number of halogens is 4. The zero-order valence-corrected chi connectivity index (χ0v) is 18.2. The Hall–Kier alpha value is -3.79. The van der Waals surface area contributed by atoms with Gasteiger partial charge in [-0.05, 0) is 55.0 Å². The molecule has 3 rings (SSSR count). The largest absolute Gasteiger partial charge is 0.457 e. The molecule has 0 radical (unpaired) electrons. The quantitative estimate of drug-likeness (QED) is 0.360. The van der Waals surface area contributed by atoms with Gasteiger partial charge in [-0.3, -0.25) is 20.0 Å². The molecule has 0 aliphatic carbocycles. The number of aryl methyl sites for hydroxylation is 1. The summed E-state index contributed by atoms with van der Waals surface area (Å²) in [4.78, 5) is 27.3. The summed E-state index contributed by atoms with van der Waals surface area (Å²) in [5, 5.41) is 3.07. The van der Waals surface area contributed by atoms with Crippen LogP contribution in [0.3, 0.4) is 0 Å². The van der Waals surface area contributed by atoms with Crippen molar-refractivity contribution < 1.29 is 27.5 Å². The van der Waals surface area contributed by atoms with E-state index in [9.17, 15) is 22.8 Å². The highest BCUT2D eigenvalue weighted by Crippen LogP contribution is 2.36. The lowest BCUT2D eigenvalue weighted by atomic mass is 10.2. The lowest BCUT2D eigenvalue weighted by molar-refractivity contribution is -0.137. The number of hydrogen-bond acceptors (Lipinski definition) is 5. The summed E-state index contributed by atoms with van der Waals surface area (Å²) < 4.78 is 45.1. The van der Waals surface area contributed by atoms with Crippen molar-refractivity contribution in [1.82, 2.24) is 10.3 Å². The Balaban J connectivity index is 1.81. The van der Waals surface area contributed by atoms with Crippen molar-refractivity contribution in [3.8, 4) is 11.5 Å². The number of nitrogens with zero attached hydrogens (tertiary/aromatic N) is 2. The molecule has 1 aromatic heterocycles. The van der Waals surface area contributed by atoms with Gasteiger partial charge in [0.25, 0.3) is 5.91 Å². The second-order valence-electron chi connectivity index (χ2n) is 6.79. The van der Waals surface area contributed by atoms with Crippen molar-refractivity contribution in [2.24, 2.45) is 0 Å². The van der Waals surface area contributed by atoms with Gasteiger partial charge in [0.1, 0.15) is 17.2 Å². The molecule has 33 heavy (non-hydrogen) atoms. The number of pyridine rings is 1. The third kappa shape index (κ3) is 5.72. The van der Waals surface area contributed by atoms with Crippen LogP contribution in [0.2, 0.25) is 5.02 Å². The number of anilines is 2. The molecule has 0 saturated heterocycles. The van der Waals surface area contributed by atoms with E-state index >= 15 is 0 Å². The fourth-order valence-corrected chi connectivity index (χ4v) is 3.14.